The second-order valence-electron chi connectivity index (χ2n) is 2.30. The molecule has 1 aromatic heterocycles. The fraction of sp³-hybridized carbons (Fsp3) is 0.429. The third-order valence-corrected chi connectivity index (χ3v) is 1.90. The molecule has 0 aliphatic rings. The molecule has 1 aromatic rings. The van der Waals surface area contributed by atoms with Crippen molar-refractivity contribution in [1.82, 2.24) is 0 Å². The fourth-order valence-corrected chi connectivity index (χ4v) is 1.13. The zero-order valence-electron chi connectivity index (χ0n) is 5.67. The van der Waals surface area contributed by atoms with Crippen LogP contribution in [0.4, 0.5) is 0 Å². The van der Waals surface area contributed by atoms with Crippen molar-refractivity contribution in [2.24, 2.45) is 0 Å². The molecular weight excluding hydrogens is 196 g/mol. The first kappa shape index (κ1) is 7.82. The van der Waals surface area contributed by atoms with E-state index in [2.05, 4.69) is 15.9 Å². The zero-order chi connectivity index (χ0) is 7.56. The van der Waals surface area contributed by atoms with E-state index in [1.807, 2.05) is 0 Å². The van der Waals surface area contributed by atoms with Crippen molar-refractivity contribution in [1.29, 1.82) is 0 Å². The normalized spacial score (nSPS) is 13.5. The number of aliphatic hydroxyl groups is 1. The monoisotopic (exact) mass is 204 g/mol. The van der Waals surface area contributed by atoms with Crippen LogP contribution in [0.15, 0.2) is 21.4 Å². The summed E-state index contributed by atoms with van der Waals surface area (Å²) in [6.45, 7) is 1.75. The number of halogens is 1. The predicted octanol–water partition coefficient (Wildman–Crippen LogP) is 1.97. The van der Waals surface area contributed by atoms with Gasteiger partial charge in [0.25, 0.3) is 0 Å². The van der Waals surface area contributed by atoms with Gasteiger partial charge in [-0.05, 0) is 22.9 Å². The van der Waals surface area contributed by atoms with Crippen LogP contribution in [0.5, 0.6) is 0 Å². The maximum Gasteiger partial charge on any atom is 0.105 e. The Morgan fingerprint density at radius 3 is 2.80 bits per heavy atom. The average molecular weight is 205 g/mol. The van der Waals surface area contributed by atoms with E-state index in [4.69, 9.17) is 9.52 Å². The van der Waals surface area contributed by atoms with Crippen molar-refractivity contribution in [3.05, 3.63) is 22.6 Å². The van der Waals surface area contributed by atoms with Gasteiger partial charge in [-0.1, -0.05) is 0 Å². The van der Waals surface area contributed by atoms with Crippen LogP contribution in [0.1, 0.15) is 12.5 Å². The number of aliphatic hydroxyl groups excluding tert-OH is 1. The van der Waals surface area contributed by atoms with Crippen molar-refractivity contribution < 1.29 is 9.52 Å². The van der Waals surface area contributed by atoms with Gasteiger partial charge in [-0.15, -0.1) is 0 Å². The van der Waals surface area contributed by atoms with Crippen molar-refractivity contribution in [3.63, 3.8) is 0 Å². The molecule has 3 heteroatoms. The largest absolute Gasteiger partial charge is 0.471 e. The summed E-state index contributed by atoms with van der Waals surface area (Å²) in [6.07, 6.45) is 3.57. The zero-order valence-corrected chi connectivity index (χ0v) is 7.26. The topological polar surface area (TPSA) is 33.4 Å². The van der Waals surface area contributed by atoms with E-state index in [0.717, 1.165) is 10.0 Å². The predicted molar refractivity (Wildman–Crippen MR) is 41.8 cm³/mol. The minimum atomic E-state index is -0.311. The molecule has 0 fully saturated rings. The molecule has 1 rings (SSSR count). The fourth-order valence-electron chi connectivity index (χ4n) is 0.772. The van der Waals surface area contributed by atoms with Crippen LogP contribution in [0.25, 0.3) is 0 Å². The lowest BCUT2D eigenvalue weighted by atomic mass is 10.2. The molecule has 2 nitrogen and oxygen atoms in total. The number of furan rings is 1. The molecule has 0 radical (unpaired) electrons. The first-order valence-electron chi connectivity index (χ1n) is 3.09. The van der Waals surface area contributed by atoms with Crippen molar-refractivity contribution in [2.45, 2.75) is 19.4 Å². The molecule has 0 saturated heterocycles. The van der Waals surface area contributed by atoms with Gasteiger partial charge in [0.1, 0.15) is 6.26 Å². The van der Waals surface area contributed by atoms with Gasteiger partial charge in [-0.2, -0.15) is 0 Å². The smallest absolute Gasteiger partial charge is 0.105 e. The van der Waals surface area contributed by atoms with E-state index in [1.54, 1.807) is 19.5 Å². The highest BCUT2D eigenvalue weighted by Gasteiger charge is 2.04. The summed E-state index contributed by atoms with van der Waals surface area (Å²) in [5.41, 5.74) is 1.01. The molecule has 0 saturated carbocycles. The van der Waals surface area contributed by atoms with E-state index in [9.17, 15) is 0 Å². The van der Waals surface area contributed by atoms with Gasteiger partial charge in [0, 0.05) is 12.0 Å². The molecular formula is C7H9BrO2. The Morgan fingerprint density at radius 1 is 1.70 bits per heavy atom. The molecule has 0 aliphatic heterocycles. The molecule has 0 aliphatic carbocycles. The molecule has 1 heterocycles. The number of rotatable bonds is 2. The molecule has 0 spiro atoms. The summed E-state index contributed by atoms with van der Waals surface area (Å²) in [7, 11) is 0. The van der Waals surface area contributed by atoms with Crippen LogP contribution >= 0.6 is 15.9 Å². The van der Waals surface area contributed by atoms with Crippen molar-refractivity contribution >= 4 is 15.9 Å². The Bertz CT molecular complexity index is 205. The maximum absolute atomic E-state index is 8.99. The Labute approximate surface area is 68.0 Å². The molecule has 1 N–H and O–H groups in total. The summed E-state index contributed by atoms with van der Waals surface area (Å²) in [6, 6.07) is 0. The molecule has 56 valence electrons. The Kier molecular flexibility index (Phi) is 2.51. The quantitative estimate of drug-likeness (QED) is 0.800. The van der Waals surface area contributed by atoms with Gasteiger partial charge in [-0.3, -0.25) is 0 Å². The summed E-state index contributed by atoms with van der Waals surface area (Å²) in [5, 5.41) is 8.99. The van der Waals surface area contributed by atoms with Crippen LogP contribution in [0, 0.1) is 0 Å². The molecule has 0 amide bonds. The van der Waals surface area contributed by atoms with Crippen LogP contribution in [0.2, 0.25) is 0 Å². The summed E-state index contributed by atoms with van der Waals surface area (Å²) in [5.74, 6) is 0. The van der Waals surface area contributed by atoms with E-state index < -0.39 is 0 Å². The number of hydrogen-bond acceptors (Lipinski definition) is 2. The second kappa shape index (κ2) is 3.21. The Morgan fingerprint density at radius 2 is 2.40 bits per heavy atom. The van der Waals surface area contributed by atoms with Crippen LogP contribution in [-0.4, -0.2) is 11.2 Å². The van der Waals surface area contributed by atoms with Gasteiger partial charge in [0.2, 0.25) is 0 Å². The van der Waals surface area contributed by atoms with Gasteiger partial charge in [0.05, 0.1) is 16.8 Å². The van der Waals surface area contributed by atoms with E-state index >= 15 is 0 Å². The van der Waals surface area contributed by atoms with Crippen LogP contribution in [0.3, 0.4) is 0 Å². The molecule has 10 heavy (non-hydrogen) atoms. The lowest BCUT2D eigenvalue weighted by Gasteiger charge is -1.99. The highest BCUT2D eigenvalue weighted by Crippen LogP contribution is 2.18. The van der Waals surface area contributed by atoms with E-state index in [1.165, 1.54) is 0 Å². The molecule has 1 atom stereocenters. The van der Waals surface area contributed by atoms with Gasteiger partial charge in [-0.25, -0.2) is 0 Å². The van der Waals surface area contributed by atoms with E-state index in [0.29, 0.717) is 6.42 Å². The minimum absolute atomic E-state index is 0.311. The second-order valence-corrected chi connectivity index (χ2v) is 3.15. The third-order valence-electron chi connectivity index (χ3n) is 1.20. The standard InChI is InChI=1S/C7H9BrO2/c1-5(9)2-6-3-10-4-7(6)8/h3-5,9H,2H2,1H3. The van der Waals surface area contributed by atoms with Crippen molar-refractivity contribution in [3.8, 4) is 0 Å². The molecule has 0 bridgehead atoms. The highest BCUT2D eigenvalue weighted by molar-refractivity contribution is 9.10. The molecule has 1 unspecified atom stereocenters. The van der Waals surface area contributed by atoms with Gasteiger partial charge < -0.3 is 9.52 Å². The lowest BCUT2D eigenvalue weighted by Crippen LogP contribution is -2.03. The van der Waals surface area contributed by atoms with Gasteiger partial charge in [0.15, 0.2) is 0 Å². The van der Waals surface area contributed by atoms with Gasteiger partial charge >= 0.3 is 0 Å². The average Bonchev–Trinajstić information content (AvgIpc) is 2.15. The SMILES string of the molecule is CC(O)Cc1cocc1Br. The summed E-state index contributed by atoms with van der Waals surface area (Å²) in [4.78, 5) is 0. The van der Waals surface area contributed by atoms with Crippen LogP contribution in [-0.2, 0) is 6.42 Å². The highest BCUT2D eigenvalue weighted by atomic mass is 79.9. The Balaban J connectivity index is 2.65. The summed E-state index contributed by atoms with van der Waals surface area (Å²) >= 11 is 3.29. The Hall–Kier alpha value is -0.280. The minimum Gasteiger partial charge on any atom is -0.471 e. The maximum atomic E-state index is 8.99. The molecule has 0 aromatic carbocycles. The first-order chi connectivity index (χ1) is 4.70. The lowest BCUT2D eigenvalue weighted by molar-refractivity contribution is 0.195. The van der Waals surface area contributed by atoms with E-state index in [-0.39, 0.29) is 6.10 Å². The van der Waals surface area contributed by atoms with Crippen molar-refractivity contribution in [2.75, 3.05) is 0 Å². The number of hydrogen-bond donors (Lipinski definition) is 1. The first-order valence-corrected chi connectivity index (χ1v) is 3.88. The summed E-state index contributed by atoms with van der Waals surface area (Å²) < 4.78 is 5.81. The van der Waals surface area contributed by atoms with Crippen LogP contribution < -0.4 is 0 Å². The third kappa shape index (κ3) is 1.85.